The summed E-state index contributed by atoms with van der Waals surface area (Å²) in [5.74, 6) is 0.127. The summed E-state index contributed by atoms with van der Waals surface area (Å²) in [6, 6.07) is 10.8. The van der Waals surface area contributed by atoms with E-state index in [2.05, 4.69) is 10.5 Å². The Labute approximate surface area is 127 Å². The first-order valence-corrected chi connectivity index (χ1v) is 6.52. The van der Waals surface area contributed by atoms with Crippen molar-refractivity contribution < 1.29 is 19.7 Å². The first kappa shape index (κ1) is 15.4. The molecule has 0 aliphatic carbocycles. The minimum Gasteiger partial charge on any atom is -0.508 e. The third-order valence-corrected chi connectivity index (χ3v) is 3.05. The third kappa shape index (κ3) is 3.54. The van der Waals surface area contributed by atoms with Crippen molar-refractivity contribution in [3.8, 4) is 17.2 Å². The number of carbonyl (C=O) groups is 1. The molecule has 22 heavy (non-hydrogen) atoms. The van der Waals surface area contributed by atoms with Crippen LogP contribution in [0.5, 0.6) is 17.2 Å². The van der Waals surface area contributed by atoms with E-state index in [0.717, 1.165) is 0 Å². The van der Waals surface area contributed by atoms with Crippen LogP contribution in [0.15, 0.2) is 47.6 Å². The number of phenolic OH excluding ortho intramolecular Hbond substituents is 2. The van der Waals surface area contributed by atoms with Crippen molar-refractivity contribution in [3.63, 3.8) is 0 Å². The highest BCUT2D eigenvalue weighted by Gasteiger charge is 2.08. The van der Waals surface area contributed by atoms with Gasteiger partial charge in [0.15, 0.2) is 0 Å². The summed E-state index contributed by atoms with van der Waals surface area (Å²) in [5.41, 5.74) is 3.69. The predicted octanol–water partition coefficient (Wildman–Crippen LogP) is 2.26. The van der Waals surface area contributed by atoms with Crippen LogP contribution in [0.1, 0.15) is 22.8 Å². The Kier molecular flexibility index (Phi) is 4.63. The van der Waals surface area contributed by atoms with Gasteiger partial charge < -0.3 is 14.9 Å². The summed E-state index contributed by atoms with van der Waals surface area (Å²) in [5, 5.41) is 22.9. The molecular formula is C16H16N2O4. The number of phenols is 2. The lowest BCUT2D eigenvalue weighted by Gasteiger charge is -2.06. The van der Waals surface area contributed by atoms with Crippen molar-refractivity contribution in [3.05, 3.63) is 53.6 Å². The predicted molar refractivity (Wildman–Crippen MR) is 82.4 cm³/mol. The molecule has 6 nitrogen and oxygen atoms in total. The Bertz CT molecular complexity index is 709. The lowest BCUT2D eigenvalue weighted by Crippen LogP contribution is -2.19. The summed E-state index contributed by atoms with van der Waals surface area (Å²) in [6.07, 6.45) is 0. The fourth-order valence-corrected chi connectivity index (χ4v) is 1.83. The first-order chi connectivity index (χ1) is 10.5. The number of aromatic hydroxyl groups is 2. The lowest BCUT2D eigenvalue weighted by atomic mass is 10.1. The maximum absolute atomic E-state index is 12.0. The highest BCUT2D eigenvalue weighted by atomic mass is 16.5. The normalized spacial score (nSPS) is 11.1. The standard InChI is InChI=1S/C16H16N2O4/c1-10(14-8-5-12(19)9-15(14)20)17-18-16(21)11-3-6-13(22-2)7-4-11/h3-9,19-20H,1-2H3,(H,18,21). The average molecular weight is 300 g/mol. The summed E-state index contributed by atoms with van der Waals surface area (Å²) >= 11 is 0. The molecule has 0 aliphatic heterocycles. The Morgan fingerprint density at radius 1 is 1.14 bits per heavy atom. The molecule has 0 bridgehead atoms. The number of benzene rings is 2. The van der Waals surface area contributed by atoms with Crippen LogP contribution < -0.4 is 10.2 Å². The topological polar surface area (TPSA) is 91.2 Å². The van der Waals surface area contributed by atoms with E-state index in [4.69, 9.17) is 4.74 Å². The number of hydrogen-bond acceptors (Lipinski definition) is 5. The molecule has 2 aromatic rings. The zero-order chi connectivity index (χ0) is 16.1. The lowest BCUT2D eigenvalue weighted by molar-refractivity contribution is 0.0954. The fourth-order valence-electron chi connectivity index (χ4n) is 1.83. The maximum Gasteiger partial charge on any atom is 0.271 e. The fraction of sp³-hybridized carbons (Fsp3) is 0.125. The number of hydrogen-bond donors (Lipinski definition) is 3. The third-order valence-electron chi connectivity index (χ3n) is 3.05. The van der Waals surface area contributed by atoms with E-state index in [-0.39, 0.29) is 17.4 Å². The molecule has 0 radical (unpaired) electrons. The summed E-state index contributed by atoms with van der Waals surface area (Å²) < 4.78 is 5.02. The van der Waals surface area contributed by atoms with Gasteiger partial charge in [0.05, 0.1) is 12.8 Å². The van der Waals surface area contributed by atoms with E-state index in [1.165, 1.54) is 18.2 Å². The van der Waals surface area contributed by atoms with Crippen LogP contribution in [0.25, 0.3) is 0 Å². The van der Waals surface area contributed by atoms with Gasteiger partial charge in [-0.15, -0.1) is 0 Å². The molecule has 0 unspecified atom stereocenters. The van der Waals surface area contributed by atoms with Gasteiger partial charge in [0, 0.05) is 17.2 Å². The molecule has 114 valence electrons. The van der Waals surface area contributed by atoms with Gasteiger partial charge in [0.1, 0.15) is 17.2 Å². The smallest absolute Gasteiger partial charge is 0.271 e. The average Bonchev–Trinajstić information content (AvgIpc) is 2.52. The highest BCUT2D eigenvalue weighted by Crippen LogP contribution is 2.23. The Hall–Kier alpha value is -3.02. The molecular weight excluding hydrogens is 284 g/mol. The molecule has 0 saturated heterocycles. The van der Waals surface area contributed by atoms with Crippen molar-refractivity contribution in [2.45, 2.75) is 6.92 Å². The van der Waals surface area contributed by atoms with Crippen LogP contribution in [0.4, 0.5) is 0 Å². The second-order valence-corrected chi connectivity index (χ2v) is 4.57. The van der Waals surface area contributed by atoms with Gasteiger partial charge in [-0.1, -0.05) is 0 Å². The van der Waals surface area contributed by atoms with Crippen LogP contribution in [0, 0.1) is 0 Å². The van der Waals surface area contributed by atoms with E-state index in [0.29, 0.717) is 22.6 Å². The van der Waals surface area contributed by atoms with Crippen LogP contribution >= 0.6 is 0 Å². The number of carbonyl (C=O) groups excluding carboxylic acids is 1. The minimum absolute atomic E-state index is 0.0451. The molecule has 2 rings (SSSR count). The Morgan fingerprint density at radius 2 is 1.82 bits per heavy atom. The number of hydrazone groups is 1. The van der Waals surface area contributed by atoms with Crippen LogP contribution in [-0.4, -0.2) is 28.9 Å². The first-order valence-electron chi connectivity index (χ1n) is 6.52. The molecule has 1 amide bonds. The van der Waals surface area contributed by atoms with E-state index >= 15 is 0 Å². The molecule has 0 aromatic heterocycles. The Morgan fingerprint density at radius 3 is 2.41 bits per heavy atom. The molecule has 0 fully saturated rings. The molecule has 6 heteroatoms. The second kappa shape index (κ2) is 6.62. The van der Waals surface area contributed by atoms with Crippen LogP contribution in [-0.2, 0) is 0 Å². The molecule has 0 saturated carbocycles. The van der Waals surface area contributed by atoms with Gasteiger partial charge >= 0.3 is 0 Å². The number of nitrogens with zero attached hydrogens (tertiary/aromatic N) is 1. The second-order valence-electron chi connectivity index (χ2n) is 4.57. The number of rotatable bonds is 4. The van der Waals surface area contributed by atoms with E-state index in [9.17, 15) is 15.0 Å². The van der Waals surface area contributed by atoms with E-state index < -0.39 is 0 Å². The Balaban J connectivity index is 2.10. The summed E-state index contributed by atoms with van der Waals surface area (Å²) in [6.45, 7) is 1.64. The number of ether oxygens (including phenoxy) is 1. The molecule has 0 aliphatic rings. The van der Waals surface area contributed by atoms with Crippen molar-refractivity contribution in [2.24, 2.45) is 5.10 Å². The zero-order valence-electron chi connectivity index (χ0n) is 12.2. The minimum atomic E-state index is -0.375. The highest BCUT2D eigenvalue weighted by molar-refractivity contribution is 6.02. The zero-order valence-corrected chi connectivity index (χ0v) is 12.2. The van der Waals surface area contributed by atoms with Crippen molar-refractivity contribution >= 4 is 11.6 Å². The van der Waals surface area contributed by atoms with Gasteiger partial charge in [-0.3, -0.25) is 4.79 Å². The molecule has 0 heterocycles. The quantitative estimate of drug-likeness (QED) is 0.596. The van der Waals surface area contributed by atoms with E-state index in [1.54, 1.807) is 38.3 Å². The largest absolute Gasteiger partial charge is 0.508 e. The van der Waals surface area contributed by atoms with Crippen LogP contribution in [0.2, 0.25) is 0 Å². The van der Waals surface area contributed by atoms with Gasteiger partial charge in [0.2, 0.25) is 0 Å². The number of methoxy groups -OCH3 is 1. The molecule has 0 atom stereocenters. The van der Waals surface area contributed by atoms with Gasteiger partial charge in [0.25, 0.3) is 5.91 Å². The number of amides is 1. The van der Waals surface area contributed by atoms with Gasteiger partial charge in [-0.05, 0) is 43.3 Å². The number of nitrogens with one attached hydrogen (secondary N) is 1. The van der Waals surface area contributed by atoms with Gasteiger partial charge in [-0.25, -0.2) is 5.43 Å². The van der Waals surface area contributed by atoms with Crippen molar-refractivity contribution in [1.82, 2.24) is 5.43 Å². The summed E-state index contributed by atoms with van der Waals surface area (Å²) in [4.78, 5) is 12.0. The van der Waals surface area contributed by atoms with Gasteiger partial charge in [-0.2, -0.15) is 5.10 Å². The van der Waals surface area contributed by atoms with Crippen molar-refractivity contribution in [2.75, 3.05) is 7.11 Å². The molecule has 2 aromatic carbocycles. The maximum atomic E-state index is 12.0. The SMILES string of the molecule is COc1ccc(C(=O)NN=C(C)c2ccc(O)cc2O)cc1. The molecule has 0 spiro atoms. The van der Waals surface area contributed by atoms with Crippen molar-refractivity contribution in [1.29, 1.82) is 0 Å². The van der Waals surface area contributed by atoms with Crippen LogP contribution in [0.3, 0.4) is 0 Å². The monoisotopic (exact) mass is 300 g/mol. The van der Waals surface area contributed by atoms with E-state index in [1.807, 2.05) is 0 Å². The summed E-state index contributed by atoms with van der Waals surface area (Å²) in [7, 11) is 1.55. The molecule has 3 N–H and O–H groups in total.